The van der Waals surface area contributed by atoms with Crippen LogP contribution < -0.4 is 4.57 Å². The molecule has 2 aromatic heterocycles. The quantitative estimate of drug-likeness (QED) is 0.633. The lowest BCUT2D eigenvalue weighted by molar-refractivity contribution is -0.711. The van der Waals surface area contributed by atoms with Crippen molar-refractivity contribution in [3.63, 3.8) is 0 Å². The first kappa shape index (κ1) is 18.2. The van der Waals surface area contributed by atoms with Crippen molar-refractivity contribution in [3.05, 3.63) is 41.5 Å². The standard InChI is InChI=1S/C20H29ClN4/c1-14-16(18(2,3)4)23-13-25(14)12-19(5,6)15-10-20(7,21)17-22-8-9-24(17)11-15/h8-9,11,13H,10,12H2,1-7H3/p+1. The molecule has 0 saturated heterocycles. The smallest absolute Gasteiger partial charge is 0.242 e. The Morgan fingerprint density at radius 2 is 2.00 bits per heavy atom. The van der Waals surface area contributed by atoms with Crippen molar-refractivity contribution in [1.29, 1.82) is 0 Å². The zero-order valence-electron chi connectivity index (χ0n) is 16.4. The highest BCUT2D eigenvalue weighted by Crippen LogP contribution is 2.44. The second-order valence-electron chi connectivity index (χ2n) is 9.18. The van der Waals surface area contributed by atoms with Gasteiger partial charge in [-0.2, -0.15) is 0 Å². The van der Waals surface area contributed by atoms with Gasteiger partial charge in [-0.15, -0.1) is 11.6 Å². The Morgan fingerprint density at radius 1 is 1.32 bits per heavy atom. The Bertz CT molecular complexity index is 815. The Kier molecular flexibility index (Phi) is 4.18. The molecule has 0 bridgehead atoms. The Hall–Kier alpha value is -1.55. The molecule has 3 heterocycles. The van der Waals surface area contributed by atoms with Crippen molar-refractivity contribution in [2.75, 3.05) is 0 Å². The topological polar surface area (TPSA) is 37.5 Å². The Labute approximate surface area is 155 Å². The van der Waals surface area contributed by atoms with Crippen LogP contribution in [0.5, 0.6) is 0 Å². The average Bonchev–Trinajstić information content (AvgIpc) is 3.05. The van der Waals surface area contributed by atoms with Gasteiger partial charge < -0.3 is 4.57 Å². The third-order valence-corrected chi connectivity index (χ3v) is 5.60. The van der Waals surface area contributed by atoms with Crippen LogP contribution in [-0.4, -0.2) is 14.5 Å². The van der Waals surface area contributed by atoms with Gasteiger partial charge in [0, 0.05) is 36.3 Å². The Morgan fingerprint density at radius 3 is 2.60 bits per heavy atom. The van der Waals surface area contributed by atoms with E-state index in [1.165, 1.54) is 17.0 Å². The number of imidazole rings is 2. The molecule has 25 heavy (non-hydrogen) atoms. The molecule has 1 atom stereocenters. The molecule has 0 radical (unpaired) electrons. The number of nitrogens with zero attached hydrogens (tertiary/aromatic N) is 3. The van der Waals surface area contributed by atoms with E-state index in [4.69, 9.17) is 11.6 Å². The fourth-order valence-electron chi connectivity index (χ4n) is 3.82. The number of allylic oxidation sites excluding steroid dienone is 1. The number of aromatic nitrogens is 4. The van der Waals surface area contributed by atoms with E-state index in [1.807, 2.05) is 12.4 Å². The maximum Gasteiger partial charge on any atom is 0.242 e. The van der Waals surface area contributed by atoms with Crippen LogP contribution in [0, 0.1) is 12.3 Å². The van der Waals surface area contributed by atoms with Crippen molar-refractivity contribution < 1.29 is 4.57 Å². The molecule has 0 spiro atoms. The number of H-pyrrole nitrogens is 1. The largest absolute Gasteiger partial charge is 0.309 e. The van der Waals surface area contributed by atoms with Crippen LogP contribution in [0.15, 0.2) is 24.3 Å². The number of fused-ring (bicyclic) bond motifs is 1. The number of alkyl halides is 1. The van der Waals surface area contributed by atoms with Gasteiger partial charge >= 0.3 is 0 Å². The monoisotopic (exact) mass is 361 g/mol. The first-order valence-corrected chi connectivity index (χ1v) is 9.31. The predicted octanol–water partition coefficient (Wildman–Crippen LogP) is 4.53. The molecule has 3 rings (SSSR count). The van der Waals surface area contributed by atoms with Crippen LogP contribution in [0.1, 0.15) is 65.2 Å². The average molecular weight is 362 g/mol. The van der Waals surface area contributed by atoms with E-state index in [1.54, 1.807) is 0 Å². The summed E-state index contributed by atoms with van der Waals surface area (Å²) >= 11 is 6.81. The van der Waals surface area contributed by atoms with Crippen LogP contribution in [0.3, 0.4) is 0 Å². The highest BCUT2D eigenvalue weighted by atomic mass is 35.5. The summed E-state index contributed by atoms with van der Waals surface area (Å²) in [5, 5.41) is 0. The third kappa shape index (κ3) is 3.29. The highest BCUT2D eigenvalue weighted by Gasteiger charge is 2.39. The minimum atomic E-state index is -0.459. The van der Waals surface area contributed by atoms with E-state index >= 15 is 0 Å². The van der Waals surface area contributed by atoms with Gasteiger partial charge in [-0.3, -0.25) is 0 Å². The molecule has 5 heteroatoms. The van der Waals surface area contributed by atoms with Gasteiger partial charge in [-0.1, -0.05) is 34.6 Å². The number of rotatable bonds is 3. The van der Waals surface area contributed by atoms with Gasteiger partial charge in [0.25, 0.3) is 0 Å². The number of halogens is 1. The van der Waals surface area contributed by atoms with Gasteiger partial charge in [-0.25, -0.2) is 14.5 Å². The summed E-state index contributed by atoms with van der Waals surface area (Å²) in [5.41, 5.74) is 4.05. The van der Waals surface area contributed by atoms with Gasteiger partial charge in [0.1, 0.15) is 22.1 Å². The highest BCUT2D eigenvalue weighted by molar-refractivity contribution is 6.23. The molecule has 4 nitrogen and oxygen atoms in total. The molecule has 0 aliphatic carbocycles. The molecular formula is C20H30ClN4+. The minimum absolute atomic E-state index is 0.00904. The zero-order chi connectivity index (χ0) is 18.6. The lowest BCUT2D eigenvalue weighted by Crippen LogP contribution is -2.44. The second kappa shape index (κ2) is 5.73. The van der Waals surface area contributed by atoms with Crippen LogP contribution in [0.4, 0.5) is 0 Å². The first-order valence-electron chi connectivity index (χ1n) is 8.93. The van der Waals surface area contributed by atoms with Gasteiger partial charge in [0.2, 0.25) is 6.33 Å². The van der Waals surface area contributed by atoms with E-state index in [-0.39, 0.29) is 10.8 Å². The second-order valence-corrected chi connectivity index (χ2v) is 10.0. The minimum Gasteiger partial charge on any atom is -0.309 e. The summed E-state index contributed by atoms with van der Waals surface area (Å²) in [6.45, 7) is 16.5. The lowest BCUT2D eigenvalue weighted by atomic mass is 9.78. The summed E-state index contributed by atoms with van der Waals surface area (Å²) in [6.07, 6.45) is 8.93. The molecular weight excluding hydrogens is 332 g/mol. The molecule has 2 aromatic rings. The van der Waals surface area contributed by atoms with E-state index in [0.717, 1.165) is 18.8 Å². The van der Waals surface area contributed by atoms with Crippen LogP contribution >= 0.6 is 11.6 Å². The maximum absolute atomic E-state index is 6.81. The fourth-order valence-corrected chi connectivity index (χ4v) is 4.11. The number of nitrogens with one attached hydrogen (secondary N) is 1. The lowest BCUT2D eigenvalue weighted by Gasteiger charge is -2.35. The van der Waals surface area contributed by atoms with E-state index in [2.05, 4.69) is 80.1 Å². The summed E-state index contributed by atoms with van der Waals surface area (Å²) in [7, 11) is 0. The predicted molar refractivity (Wildman–Crippen MR) is 103 cm³/mol. The maximum atomic E-state index is 6.81. The summed E-state index contributed by atoms with van der Waals surface area (Å²) in [4.78, 5) is 7.44. The summed E-state index contributed by atoms with van der Waals surface area (Å²) in [6, 6.07) is 0. The molecule has 136 valence electrons. The van der Waals surface area contributed by atoms with Crippen LogP contribution in [0.2, 0.25) is 0 Å². The molecule has 1 aliphatic rings. The summed E-state index contributed by atoms with van der Waals surface area (Å²) in [5.74, 6) is 0.925. The van der Waals surface area contributed by atoms with Gasteiger partial charge in [-0.05, 0) is 18.9 Å². The summed E-state index contributed by atoms with van der Waals surface area (Å²) < 4.78 is 4.40. The molecule has 0 saturated carbocycles. The molecule has 1 aliphatic heterocycles. The van der Waals surface area contributed by atoms with Gasteiger partial charge in [0.15, 0.2) is 0 Å². The van der Waals surface area contributed by atoms with Crippen LogP contribution in [-0.2, 0) is 16.8 Å². The molecule has 1 N–H and O–H groups in total. The molecule has 1 unspecified atom stereocenters. The van der Waals surface area contributed by atoms with Crippen molar-refractivity contribution >= 4 is 17.8 Å². The van der Waals surface area contributed by atoms with Crippen LogP contribution in [0.25, 0.3) is 6.20 Å². The number of hydrogen-bond acceptors (Lipinski definition) is 1. The third-order valence-electron chi connectivity index (χ3n) is 5.29. The van der Waals surface area contributed by atoms with Crippen molar-refractivity contribution in [2.24, 2.45) is 5.41 Å². The SMILES string of the molecule is Cc1c(C(C)(C)C)[nH]c[n+]1CC(C)(C)C1=Cn2ccnc2C(C)(Cl)C1. The molecule has 0 fully saturated rings. The van der Waals surface area contributed by atoms with E-state index < -0.39 is 4.87 Å². The van der Waals surface area contributed by atoms with Gasteiger partial charge in [0.05, 0.1) is 6.54 Å². The normalized spacial score (nSPS) is 21.2. The molecule has 0 amide bonds. The Balaban J connectivity index is 1.93. The zero-order valence-corrected chi connectivity index (χ0v) is 17.2. The van der Waals surface area contributed by atoms with E-state index in [9.17, 15) is 0 Å². The van der Waals surface area contributed by atoms with Crippen molar-refractivity contribution in [3.8, 4) is 0 Å². The van der Waals surface area contributed by atoms with Crippen molar-refractivity contribution in [2.45, 2.75) is 71.7 Å². The first-order chi connectivity index (χ1) is 11.4. The number of aromatic amines is 1. The van der Waals surface area contributed by atoms with Crippen molar-refractivity contribution in [1.82, 2.24) is 14.5 Å². The van der Waals surface area contributed by atoms with E-state index in [0.29, 0.717) is 0 Å². The number of hydrogen-bond donors (Lipinski definition) is 1. The fraction of sp³-hybridized carbons (Fsp3) is 0.600. The molecule has 0 aromatic carbocycles.